The molecule has 1 aliphatic rings. The van der Waals surface area contributed by atoms with E-state index in [0.717, 1.165) is 29.4 Å². The van der Waals surface area contributed by atoms with E-state index in [4.69, 9.17) is 5.73 Å². The molecule has 1 aliphatic heterocycles. The molecule has 3 rings (SSSR count). The lowest BCUT2D eigenvalue weighted by molar-refractivity contribution is 0.0745. The summed E-state index contributed by atoms with van der Waals surface area (Å²) < 4.78 is 0. The highest BCUT2D eigenvalue weighted by atomic mass is 16.2. The maximum absolute atomic E-state index is 12.7. The van der Waals surface area contributed by atoms with Crippen molar-refractivity contribution in [3.8, 4) is 0 Å². The lowest BCUT2D eigenvalue weighted by Gasteiger charge is -2.21. The molecule has 0 spiro atoms. The van der Waals surface area contributed by atoms with Crippen LogP contribution in [-0.4, -0.2) is 40.1 Å². The van der Waals surface area contributed by atoms with Crippen molar-refractivity contribution in [3.63, 3.8) is 0 Å². The molecule has 2 atom stereocenters. The third kappa shape index (κ3) is 2.00. The smallest absolute Gasteiger partial charge is 0.254 e. The molecule has 1 aromatic carbocycles. The average Bonchev–Trinajstić information content (AvgIpc) is 3.03. The molecule has 19 heavy (non-hydrogen) atoms. The summed E-state index contributed by atoms with van der Waals surface area (Å²) in [6.07, 6.45) is 2.70. The molecule has 0 aliphatic carbocycles. The predicted octanol–water partition coefficient (Wildman–Crippen LogP) is 1.37. The maximum atomic E-state index is 12.7. The van der Waals surface area contributed by atoms with Crippen LogP contribution in [0.5, 0.6) is 0 Å². The van der Waals surface area contributed by atoms with E-state index in [1.54, 1.807) is 6.20 Å². The van der Waals surface area contributed by atoms with Crippen molar-refractivity contribution in [1.82, 2.24) is 15.1 Å². The number of likely N-dealkylation sites (tertiary alicyclic amines) is 1. The standard InChI is InChI=1S/C14H18N4O/c1-9-5-10(6-15)8-18(9)14(19)11-3-2-4-13-12(11)7-16-17-13/h2-4,7,9-10H,5-6,8,15H2,1H3,(H,16,17)/t9-,10+/m1/s1. The largest absolute Gasteiger partial charge is 0.336 e. The van der Waals surface area contributed by atoms with Gasteiger partial charge in [-0.05, 0) is 37.9 Å². The Morgan fingerprint density at radius 2 is 2.42 bits per heavy atom. The van der Waals surface area contributed by atoms with Crippen molar-refractivity contribution in [2.75, 3.05) is 13.1 Å². The Labute approximate surface area is 111 Å². The van der Waals surface area contributed by atoms with Crippen LogP contribution in [0.15, 0.2) is 24.4 Å². The van der Waals surface area contributed by atoms with E-state index < -0.39 is 0 Å². The first-order chi connectivity index (χ1) is 9.20. The normalized spacial score (nSPS) is 23.2. The van der Waals surface area contributed by atoms with Gasteiger partial charge in [0.25, 0.3) is 5.91 Å². The SMILES string of the molecule is C[C@@H]1C[C@@H](CN)CN1C(=O)c1cccc2[nH]ncc12. The molecule has 3 N–H and O–H groups in total. The molecule has 1 aromatic heterocycles. The fourth-order valence-corrected chi connectivity index (χ4v) is 2.91. The molecule has 0 unspecified atom stereocenters. The zero-order chi connectivity index (χ0) is 13.4. The number of H-pyrrole nitrogens is 1. The summed E-state index contributed by atoms with van der Waals surface area (Å²) in [5, 5.41) is 7.79. The predicted molar refractivity (Wildman–Crippen MR) is 73.8 cm³/mol. The molecular formula is C14H18N4O. The zero-order valence-corrected chi connectivity index (χ0v) is 11.0. The van der Waals surface area contributed by atoms with Gasteiger partial charge in [-0.2, -0.15) is 5.10 Å². The van der Waals surface area contributed by atoms with Crippen LogP contribution in [0.2, 0.25) is 0 Å². The summed E-state index contributed by atoms with van der Waals surface area (Å²) in [6, 6.07) is 5.93. The number of hydrogen-bond acceptors (Lipinski definition) is 3. The minimum absolute atomic E-state index is 0.0791. The Kier molecular flexibility index (Phi) is 2.98. The molecule has 2 aromatic rings. The molecule has 5 nitrogen and oxygen atoms in total. The summed E-state index contributed by atoms with van der Waals surface area (Å²) in [5.41, 5.74) is 7.33. The number of carbonyl (C=O) groups is 1. The molecule has 2 heterocycles. The first-order valence-corrected chi connectivity index (χ1v) is 6.64. The molecule has 5 heteroatoms. The Morgan fingerprint density at radius 1 is 1.58 bits per heavy atom. The summed E-state index contributed by atoms with van der Waals surface area (Å²) in [5.74, 6) is 0.498. The van der Waals surface area contributed by atoms with Crippen molar-refractivity contribution in [2.24, 2.45) is 11.7 Å². The number of carbonyl (C=O) groups excluding carboxylic acids is 1. The molecule has 0 saturated carbocycles. The topological polar surface area (TPSA) is 75.0 Å². The minimum Gasteiger partial charge on any atom is -0.336 e. The second kappa shape index (κ2) is 4.66. The third-order valence-electron chi connectivity index (χ3n) is 3.97. The second-order valence-electron chi connectivity index (χ2n) is 5.28. The molecular weight excluding hydrogens is 240 g/mol. The highest BCUT2D eigenvalue weighted by molar-refractivity contribution is 6.06. The molecule has 1 saturated heterocycles. The summed E-state index contributed by atoms with van der Waals surface area (Å²) in [4.78, 5) is 14.6. The average molecular weight is 258 g/mol. The van der Waals surface area contributed by atoms with Gasteiger partial charge in [0.15, 0.2) is 0 Å². The number of aromatic nitrogens is 2. The van der Waals surface area contributed by atoms with E-state index in [1.165, 1.54) is 0 Å². The van der Waals surface area contributed by atoms with E-state index in [1.807, 2.05) is 23.1 Å². The lowest BCUT2D eigenvalue weighted by atomic mass is 10.1. The van der Waals surface area contributed by atoms with Crippen LogP contribution in [0.3, 0.4) is 0 Å². The molecule has 0 radical (unpaired) electrons. The van der Waals surface area contributed by atoms with Gasteiger partial charge in [0, 0.05) is 18.0 Å². The highest BCUT2D eigenvalue weighted by Gasteiger charge is 2.32. The van der Waals surface area contributed by atoms with Gasteiger partial charge in [0.2, 0.25) is 0 Å². The van der Waals surface area contributed by atoms with E-state index in [0.29, 0.717) is 12.5 Å². The Balaban J connectivity index is 1.94. The van der Waals surface area contributed by atoms with Crippen molar-refractivity contribution in [3.05, 3.63) is 30.0 Å². The van der Waals surface area contributed by atoms with Gasteiger partial charge in [-0.15, -0.1) is 0 Å². The van der Waals surface area contributed by atoms with Gasteiger partial charge in [0.1, 0.15) is 0 Å². The molecule has 1 amide bonds. The fourth-order valence-electron chi connectivity index (χ4n) is 2.91. The van der Waals surface area contributed by atoms with Crippen molar-refractivity contribution >= 4 is 16.8 Å². The molecule has 100 valence electrons. The van der Waals surface area contributed by atoms with E-state index in [9.17, 15) is 4.79 Å². The quantitative estimate of drug-likeness (QED) is 0.854. The lowest BCUT2D eigenvalue weighted by Crippen LogP contribution is -2.34. The number of nitrogens with two attached hydrogens (primary N) is 1. The summed E-state index contributed by atoms with van der Waals surface area (Å²) in [6.45, 7) is 3.48. The van der Waals surface area contributed by atoms with Crippen LogP contribution in [0.4, 0.5) is 0 Å². The van der Waals surface area contributed by atoms with E-state index >= 15 is 0 Å². The highest BCUT2D eigenvalue weighted by Crippen LogP contribution is 2.26. The van der Waals surface area contributed by atoms with Crippen LogP contribution >= 0.6 is 0 Å². The first-order valence-electron chi connectivity index (χ1n) is 6.64. The van der Waals surface area contributed by atoms with Gasteiger partial charge >= 0.3 is 0 Å². The Hall–Kier alpha value is -1.88. The number of fused-ring (bicyclic) bond motifs is 1. The van der Waals surface area contributed by atoms with E-state index in [2.05, 4.69) is 17.1 Å². The number of nitrogens with one attached hydrogen (secondary N) is 1. The van der Waals surface area contributed by atoms with Crippen molar-refractivity contribution in [2.45, 2.75) is 19.4 Å². The zero-order valence-electron chi connectivity index (χ0n) is 11.0. The number of rotatable bonds is 2. The third-order valence-corrected chi connectivity index (χ3v) is 3.97. The Morgan fingerprint density at radius 3 is 3.16 bits per heavy atom. The molecule has 0 bridgehead atoms. The second-order valence-corrected chi connectivity index (χ2v) is 5.28. The number of benzene rings is 1. The number of hydrogen-bond donors (Lipinski definition) is 2. The van der Waals surface area contributed by atoms with Crippen molar-refractivity contribution < 1.29 is 4.79 Å². The number of aromatic amines is 1. The van der Waals surface area contributed by atoms with Gasteiger partial charge in [0.05, 0.1) is 17.3 Å². The number of amides is 1. The van der Waals surface area contributed by atoms with Crippen LogP contribution in [0.25, 0.3) is 10.9 Å². The first kappa shape index (κ1) is 12.2. The van der Waals surface area contributed by atoms with Crippen LogP contribution in [0, 0.1) is 5.92 Å². The van der Waals surface area contributed by atoms with Gasteiger partial charge < -0.3 is 10.6 Å². The summed E-state index contributed by atoms with van der Waals surface area (Å²) in [7, 11) is 0. The minimum atomic E-state index is 0.0791. The Bertz CT molecular complexity index is 606. The van der Waals surface area contributed by atoms with Gasteiger partial charge in [-0.1, -0.05) is 6.07 Å². The van der Waals surface area contributed by atoms with E-state index in [-0.39, 0.29) is 11.9 Å². The fraction of sp³-hybridized carbons (Fsp3) is 0.429. The number of nitrogens with zero attached hydrogens (tertiary/aromatic N) is 2. The van der Waals surface area contributed by atoms with Crippen molar-refractivity contribution in [1.29, 1.82) is 0 Å². The van der Waals surface area contributed by atoms with Gasteiger partial charge in [-0.3, -0.25) is 9.89 Å². The van der Waals surface area contributed by atoms with Crippen LogP contribution in [-0.2, 0) is 0 Å². The summed E-state index contributed by atoms with van der Waals surface area (Å²) >= 11 is 0. The monoisotopic (exact) mass is 258 g/mol. The van der Waals surface area contributed by atoms with Crippen LogP contribution in [0.1, 0.15) is 23.7 Å². The van der Waals surface area contributed by atoms with Gasteiger partial charge in [-0.25, -0.2) is 0 Å². The molecule has 1 fully saturated rings. The van der Waals surface area contributed by atoms with Crippen LogP contribution < -0.4 is 5.73 Å². The maximum Gasteiger partial charge on any atom is 0.254 e.